The van der Waals surface area contributed by atoms with Gasteiger partial charge in [0.25, 0.3) is 5.91 Å². The minimum Gasteiger partial charge on any atom is -0.464 e. The number of carbonyl (C=O) groups is 2. The van der Waals surface area contributed by atoms with E-state index in [2.05, 4.69) is 10.3 Å². The molecule has 0 radical (unpaired) electrons. The first kappa shape index (κ1) is 23.8. The standard InChI is InChI=1S/C27H25N3O5/c1-17-8-13-21-24(32)22(16-18-9-11-19(12-10-18)26(33)28-14-15-31)23(27(34)35-2)30(25(21)29-17)20-6-4-3-5-7-20/h3-13,31H,14-16H2,1-2H3,(H,28,33). The molecule has 0 aliphatic rings. The maximum absolute atomic E-state index is 13.6. The van der Waals surface area contributed by atoms with Crippen LogP contribution in [-0.2, 0) is 11.2 Å². The van der Waals surface area contributed by atoms with Crippen molar-refractivity contribution in [2.45, 2.75) is 13.3 Å². The van der Waals surface area contributed by atoms with E-state index in [0.29, 0.717) is 28.0 Å². The average Bonchev–Trinajstić information content (AvgIpc) is 2.89. The minimum absolute atomic E-state index is 0.110. The summed E-state index contributed by atoms with van der Waals surface area (Å²) in [6.07, 6.45) is 0.151. The summed E-state index contributed by atoms with van der Waals surface area (Å²) < 4.78 is 6.77. The van der Waals surface area contributed by atoms with Crippen molar-refractivity contribution < 1.29 is 19.4 Å². The van der Waals surface area contributed by atoms with Gasteiger partial charge in [-0.3, -0.25) is 14.2 Å². The number of rotatable bonds is 7. The van der Waals surface area contributed by atoms with Crippen LogP contribution in [0.15, 0.2) is 71.5 Å². The molecule has 0 saturated heterocycles. The zero-order chi connectivity index (χ0) is 24.9. The molecule has 0 aliphatic heterocycles. The van der Waals surface area contributed by atoms with E-state index in [1.54, 1.807) is 41.0 Å². The predicted octanol–water partition coefficient (Wildman–Crippen LogP) is 2.79. The van der Waals surface area contributed by atoms with Crippen LogP contribution in [0.25, 0.3) is 16.7 Å². The third kappa shape index (κ3) is 4.83. The lowest BCUT2D eigenvalue weighted by molar-refractivity contribution is 0.0589. The zero-order valence-electron chi connectivity index (χ0n) is 19.4. The van der Waals surface area contributed by atoms with E-state index in [4.69, 9.17) is 9.84 Å². The molecule has 0 unspecified atom stereocenters. The molecule has 0 aliphatic carbocycles. The Labute approximate surface area is 201 Å². The SMILES string of the molecule is COC(=O)c1c(Cc2ccc(C(=O)NCCO)cc2)c(=O)c2ccc(C)nc2n1-c1ccccc1. The molecule has 2 aromatic heterocycles. The fraction of sp³-hybridized carbons (Fsp3) is 0.185. The number of aryl methyl sites for hydroxylation is 1. The molecule has 2 N–H and O–H groups in total. The number of pyridine rings is 2. The third-order valence-corrected chi connectivity index (χ3v) is 5.64. The summed E-state index contributed by atoms with van der Waals surface area (Å²) in [7, 11) is 1.28. The number of aromatic nitrogens is 2. The van der Waals surface area contributed by atoms with Gasteiger partial charge in [0.1, 0.15) is 11.3 Å². The summed E-state index contributed by atoms with van der Waals surface area (Å²) in [4.78, 5) is 43.4. The van der Waals surface area contributed by atoms with Crippen molar-refractivity contribution in [2.24, 2.45) is 0 Å². The van der Waals surface area contributed by atoms with Crippen molar-refractivity contribution >= 4 is 22.9 Å². The first-order chi connectivity index (χ1) is 16.9. The van der Waals surface area contributed by atoms with Gasteiger partial charge in [-0.2, -0.15) is 0 Å². The Hall–Kier alpha value is -4.30. The number of methoxy groups -OCH3 is 1. The number of para-hydroxylation sites is 1. The maximum Gasteiger partial charge on any atom is 0.355 e. The molecule has 0 saturated carbocycles. The van der Waals surface area contributed by atoms with Gasteiger partial charge >= 0.3 is 5.97 Å². The number of hydrogen-bond acceptors (Lipinski definition) is 6. The molecule has 0 atom stereocenters. The number of ether oxygens (including phenoxy) is 1. The largest absolute Gasteiger partial charge is 0.464 e. The van der Waals surface area contributed by atoms with Gasteiger partial charge in [0, 0.05) is 35.5 Å². The first-order valence-electron chi connectivity index (χ1n) is 11.1. The van der Waals surface area contributed by atoms with Crippen LogP contribution in [0.1, 0.15) is 37.7 Å². The molecule has 178 valence electrons. The number of benzene rings is 2. The van der Waals surface area contributed by atoms with Gasteiger partial charge in [-0.05, 0) is 48.9 Å². The lowest BCUT2D eigenvalue weighted by atomic mass is 9.99. The van der Waals surface area contributed by atoms with E-state index in [1.807, 2.05) is 37.3 Å². The van der Waals surface area contributed by atoms with Gasteiger partial charge in [-0.15, -0.1) is 0 Å². The van der Waals surface area contributed by atoms with Crippen molar-refractivity contribution in [3.63, 3.8) is 0 Å². The molecule has 4 aromatic rings. The Balaban J connectivity index is 1.90. The van der Waals surface area contributed by atoms with Gasteiger partial charge in [0.05, 0.1) is 19.1 Å². The number of hydrogen-bond donors (Lipinski definition) is 2. The number of carbonyl (C=O) groups excluding carboxylic acids is 2. The number of amides is 1. The van der Waals surface area contributed by atoms with E-state index in [1.165, 1.54) is 7.11 Å². The molecule has 4 rings (SSSR count). The highest BCUT2D eigenvalue weighted by atomic mass is 16.5. The maximum atomic E-state index is 13.6. The van der Waals surface area contributed by atoms with Crippen LogP contribution in [0.4, 0.5) is 0 Å². The summed E-state index contributed by atoms with van der Waals surface area (Å²) in [5.74, 6) is -0.953. The summed E-state index contributed by atoms with van der Waals surface area (Å²) in [6.45, 7) is 1.83. The zero-order valence-corrected chi connectivity index (χ0v) is 19.4. The predicted molar refractivity (Wildman–Crippen MR) is 132 cm³/mol. The Morgan fingerprint density at radius 2 is 1.74 bits per heavy atom. The van der Waals surface area contributed by atoms with Gasteiger partial charge in [0.2, 0.25) is 0 Å². The fourth-order valence-corrected chi connectivity index (χ4v) is 3.95. The van der Waals surface area contributed by atoms with E-state index in [-0.39, 0.29) is 42.2 Å². The molecular weight excluding hydrogens is 446 g/mol. The number of nitrogens with one attached hydrogen (secondary N) is 1. The fourth-order valence-electron chi connectivity index (χ4n) is 3.95. The second-order valence-corrected chi connectivity index (χ2v) is 8.00. The van der Waals surface area contributed by atoms with Gasteiger partial charge in [-0.1, -0.05) is 30.3 Å². The number of fused-ring (bicyclic) bond motifs is 1. The summed E-state index contributed by atoms with van der Waals surface area (Å²) >= 11 is 0. The molecule has 8 heteroatoms. The Morgan fingerprint density at radius 3 is 2.40 bits per heavy atom. The van der Waals surface area contributed by atoms with Crippen molar-refractivity contribution in [3.05, 3.63) is 105 Å². The van der Waals surface area contributed by atoms with E-state index < -0.39 is 5.97 Å². The van der Waals surface area contributed by atoms with Gasteiger partial charge in [-0.25, -0.2) is 9.78 Å². The van der Waals surface area contributed by atoms with Crippen molar-refractivity contribution in [3.8, 4) is 5.69 Å². The molecule has 0 fully saturated rings. The molecule has 35 heavy (non-hydrogen) atoms. The summed E-state index contributed by atoms with van der Waals surface area (Å²) in [5, 5.41) is 11.9. The number of aliphatic hydroxyl groups is 1. The Morgan fingerprint density at radius 1 is 1.03 bits per heavy atom. The number of nitrogens with zero attached hydrogens (tertiary/aromatic N) is 2. The van der Waals surface area contributed by atoms with Crippen LogP contribution >= 0.6 is 0 Å². The second-order valence-electron chi connectivity index (χ2n) is 8.00. The number of aliphatic hydroxyl groups excluding tert-OH is 1. The average molecular weight is 472 g/mol. The number of esters is 1. The van der Waals surface area contributed by atoms with Crippen molar-refractivity contribution in [2.75, 3.05) is 20.3 Å². The minimum atomic E-state index is -0.647. The Kier molecular flexibility index (Phi) is 7.03. The second kappa shape index (κ2) is 10.3. The molecule has 1 amide bonds. The highest BCUT2D eigenvalue weighted by molar-refractivity contribution is 5.95. The lowest BCUT2D eigenvalue weighted by Crippen LogP contribution is -2.26. The third-order valence-electron chi connectivity index (χ3n) is 5.64. The Bertz CT molecular complexity index is 1440. The molecule has 0 bridgehead atoms. The highest BCUT2D eigenvalue weighted by Gasteiger charge is 2.25. The van der Waals surface area contributed by atoms with Gasteiger partial charge < -0.3 is 15.2 Å². The van der Waals surface area contributed by atoms with Crippen LogP contribution in [0.5, 0.6) is 0 Å². The normalized spacial score (nSPS) is 10.8. The van der Waals surface area contributed by atoms with Crippen molar-refractivity contribution in [1.82, 2.24) is 14.9 Å². The molecule has 8 nitrogen and oxygen atoms in total. The lowest BCUT2D eigenvalue weighted by Gasteiger charge is -2.19. The van der Waals surface area contributed by atoms with Crippen LogP contribution in [-0.4, -0.2) is 46.8 Å². The van der Waals surface area contributed by atoms with Crippen LogP contribution < -0.4 is 10.7 Å². The van der Waals surface area contributed by atoms with Gasteiger partial charge in [0.15, 0.2) is 5.43 Å². The molecular formula is C27H25N3O5. The summed E-state index contributed by atoms with van der Waals surface area (Å²) in [6, 6.07) is 19.5. The first-order valence-corrected chi connectivity index (χ1v) is 11.1. The summed E-state index contributed by atoms with van der Waals surface area (Å²) in [5.41, 5.74) is 3.01. The quantitative estimate of drug-likeness (QED) is 0.401. The molecule has 0 spiro atoms. The van der Waals surface area contributed by atoms with E-state index >= 15 is 0 Å². The van der Waals surface area contributed by atoms with E-state index in [9.17, 15) is 14.4 Å². The van der Waals surface area contributed by atoms with Crippen LogP contribution in [0.2, 0.25) is 0 Å². The van der Waals surface area contributed by atoms with Crippen LogP contribution in [0, 0.1) is 6.92 Å². The van der Waals surface area contributed by atoms with Crippen LogP contribution in [0.3, 0.4) is 0 Å². The smallest absolute Gasteiger partial charge is 0.355 e. The monoisotopic (exact) mass is 471 g/mol. The highest BCUT2D eigenvalue weighted by Crippen LogP contribution is 2.24. The van der Waals surface area contributed by atoms with E-state index in [0.717, 1.165) is 5.56 Å². The molecule has 2 heterocycles. The molecule has 2 aromatic carbocycles. The topological polar surface area (TPSA) is 111 Å². The van der Waals surface area contributed by atoms with Crippen molar-refractivity contribution in [1.29, 1.82) is 0 Å².